The van der Waals surface area contributed by atoms with E-state index in [4.69, 9.17) is 56.8 Å². The van der Waals surface area contributed by atoms with Crippen molar-refractivity contribution in [2.45, 2.75) is 291 Å². The van der Waals surface area contributed by atoms with Crippen molar-refractivity contribution < 1.29 is 153 Å². The van der Waals surface area contributed by atoms with E-state index in [0.29, 0.717) is 38.5 Å². The van der Waals surface area contributed by atoms with Crippen molar-refractivity contribution in [2.24, 2.45) is 50.2 Å². The highest BCUT2D eigenvalue weighted by Gasteiger charge is 2.72. The lowest BCUT2D eigenvalue weighted by Gasteiger charge is -2.71. The highest BCUT2D eigenvalue weighted by atomic mass is 16.8. The molecule has 6 aliphatic heterocycles. The number of carboxylic acids is 1. The molecule has 0 aromatic rings. The zero-order chi connectivity index (χ0) is 68.6. The summed E-state index contributed by atoms with van der Waals surface area (Å²) in [6.07, 6.45) is -43.2. The van der Waals surface area contributed by atoms with Gasteiger partial charge in [-0.05, 0) is 110 Å². The minimum absolute atomic E-state index is 0.0302. The van der Waals surface area contributed by atoms with Crippen molar-refractivity contribution >= 4 is 11.9 Å². The monoisotopic (exact) mass is 1350 g/mol. The van der Waals surface area contributed by atoms with Crippen LogP contribution in [0.4, 0.5) is 0 Å². The van der Waals surface area contributed by atoms with Gasteiger partial charge in [0, 0.05) is 0 Å². The molecule has 11 rings (SSSR count). The molecule has 0 aromatic carbocycles. The van der Waals surface area contributed by atoms with Gasteiger partial charge in [0.2, 0.25) is 6.29 Å². The van der Waals surface area contributed by atoms with E-state index in [1.807, 2.05) is 0 Å². The molecule has 17 N–H and O–H groups in total. The van der Waals surface area contributed by atoms with Crippen molar-refractivity contribution in [3.05, 3.63) is 11.6 Å². The molecule has 94 heavy (non-hydrogen) atoms. The third-order valence-electron chi connectivity index (χ3n) is 24.4. The number of fused-ring (bicyclic) bond motifs is 7. The molecule has 10 fully saturated rings. The minimum atomic E-state index is -2.12. The number of aliphatic hydroxyl groups is 16. The number of allylic oxidation sites excluding steroid dienone is 2. The van der Waals surface area contributed by atoms with Gasteiger partial charge in [-0.1, -0.05) is 60.1 Å². The van der Waals surface area contributed by atoms with Gasteiger partial charge in [-0.15, -0.1) is 0 Å². The van der Waals surface area contributed by atoms with Crippen LogP contribution in [0.2, 0.25) is 0 Å². The summed E-state index contributed by atoms with van der Waals surface area (Å²) in [4.78, 5) is 27.7. The van der Waals surface area contributed by atoms with Crippen LogP contribution in [0.3, 0.4) is 0 Å². The minimum Gasteiger partial charge on any atom is -0.479 e. The standard InChI is InChI=1S/C63H100O31/c1-23-45(89-51-40(75)34(69)26(65)20-83-51)47(91-52-43(78)46(28(67)22-84-52)90-53-41(76)37(72)36(71)29(19-64)87-53)44(79)55(86-23)93-49-35(70)27(66)21-85-56(49)94-57(82)63-16-15-58(2,3)17-25(63)24-9-10-31-60(6)13-12-33(88-54-42(77)38(73)39(74)48(92-54)50(80)81)59(4,5)30(60)11-14-61(31,7)62(24,8)18-32(63)68/h9,23,25-49,51-56,64-79H,10-22H2,1-8H3,(H,80,81)/t23-,25-,26+,27-,28+,29+,30-,31+,32+,33-,34-,35-,36+,37-,38-,39-,40+,41+,42+,43+,44+,45-,46-,47-,48-,49+,51-,52-,53-,54+,55-,56-,60-,61+,62+,63+/m0/s1. The zero-order valence-electron chi connectivity index (χ0n) is 54.1. The summed E-state index contributed by atoms with van der Waals surface area (Å²) >= 11 is 0. The average Bonchev–Trinajstić information content (AvgIpc) is 0.672. The van der Waals surface area contributed by atoms with Crippen LogP contribution in [0.15, 0.2) is 11.6 Å². The molecule has 4 saturated carbocycles. The summed E-state index contributed by atoms with van der Waals surface area (Å²) in [5, 5.41) is 186. The molecule has 0 spiro atoms. The van der Waals surface area contributed by atoms with Gasteiger partial charge >= 0.3 is 11.9 Å². The predicted octanol–water partition coefficient (Wildman–Crippen LogP) is -4.38. The summed E-state index contributed by atoms with van der Waals surface area (Å²) in [7, 11) is 0. The first kappa shape index (κ1) is 72.8. The van der Waals surface area contributed by atoms with E-state index in [1.54, 1.807) is 0 Å². The topological polar surface area (TPSA) is 489 Å². The van der Waals surface area contributed by atoms with Gasteiger partial charge in [0.05, 0.1) is 44.7 Å². The number of aliphatic hydroxyl groups excluding tert-OH is 16. The lowest BCUT2D eigenvalue weighted by atomic mass is 9.33. The summed E-state index contributed by atoms with van der Waals surface area (Å²) in [6.45, 7) is 14.0. The number of ether oxygens (including phenoxy) is 12. The Labute approximate surface area is 543 Å². The Morgan fingerprint density at radius 3 is 1.73 bits per heavy atom. The van der Waals surface area contributed by atoms with Crippen LogP contribution in [-0.2, 0) is 66.4 Å². The molecule has 0 unspecified atom stereocenters. The average molecular weight is 1350 g/mol. The van der Waals surface area contributed by atoms with Gasteiger partial charge in [-0.25, -0.2) is 4.79 Å². The normalized spacial score (nSPS) is 54.2. The van der Waals surface area contributed by atoms with Gasteiger partial charge in [-0.2, -0.15) is 0 Å². The molecule has 0 bridgehead atoms. The maximum absolute atomic E-state index is 15.7. The third kappa shape index (κ3) is 12.3. The molecule has 36 atom stereocenters. The van der Waals surface area contributed by atoms with E-state index in [0.717, 1.165) is 12.0 Å². The van der Waals surface area contributed by atoms with Gasteiger partial charge in [0.15, 0.2) is 43.7 Å². The van der Waals surface area contributed by atoms with Crippen LogP contribution in [0, 0.1) is 50.2 Å². The first-order chi connectivity index (χ1) is 44.0. The maximum atomic E-state index is 15.7. The van der Waals surface area contributed by atoms with Crippen LogP contribution < -0.4 is 0 Å². The number of carbonyl (C=O) groups is 2. The molecule has 5 aliphatic carbocycles. The smallest absolute Gasteiger partial charge is 0.335 e. The maximum Gasteiger partial charge on any atom is 0.335 e. The molecule has 0 radical (unpaired) electrons. The second-order valence-corrected chi connectivity index (χ2v) is 30.7. The Hall–Kier alpha value is -2.40. The van der Waals surface area contributed by atoms with Gasteiger partial charge in [0.25, 0.3) is 0 Å². The van der Waals surface area contributed by atoms with Gasteiger partial charge in [-0.3, -0.25) is 4.79 Å². The fourth-order valence-corrected chi connectivity index (χ4v) is 18.7. The molecule has 0 aromatic heterocycles. The predicted molar refractivity (Wildman–Crippen MR) is 311 cm³/mol. The van der Waals surface area contributed by atoms with Crippen molar-refractivity contribution in [2.75, 3.05) is 26.4 Å². The largest absolute Gasteiger partial charge is 0.479 e. The lowest BCUT2D eigenvalue weighted by molar-refractivity contribution is -0.393. The number of rotatable bonds is 14. The Morgan fingerprint density at radius 2 is 1.07 bits per heavy atom. The van der Waals surface area contributed by atoms with Crippen molar-refractivity contribution in [1.29, 1.82) is 0 Å². The molecular weight excluding hydrogens is 1250 g/mol. The molecular formula is C63H100O31. The van der Waals surface area contributed by atoms with E-state index in [-0.39, 0.29) is 35.5 Å². The fraction of sp³-hybridized carbons (Fsp3) is 0.937. The molecule has 6 heterocycles. The van der Waals surface area contributed by atoms with E-state index in [1.165, 1.54) is 6.92 Å². The SMILES string of the molecule is C[C@@H]1O[C@@H](O[C@H]2[C@H](OC(=O)[C@]34CCC(C)(C)C[C@H]3C3=CC[C@@H]5[C@@]6(C)CC[C@H](O[C@@H]7O[C@H](C(=O)O)[C@@H](O)[C@H](O)[C@H]7O)C(C)(C)[C@@H]6CC[C@@]5(C)[C@]3(C)C[C@H]4O)OC[C@H](O)[C@@H]2O)[C@H](O)[C@H](O[C@@H]2OC[C@@H](O)[C@H](O[C@@H]3O[C@H](CO)[C@@H](O)[C@H](O)[C@H]3O)[C@H]2O)[C@H]1O[C@@H]1OC[C@@H](O)[C@H](O)[C@H]1O. The molecule has 538 valence electrons. The Bertz CT molecular complexity index is 2710. The number of hydrogen-bond acceptors (Lipinski definition) is 30. The van der Waals surface area contributed by atoms with Crippen molar-refractivity contribution in [1.82, 2.24) is 0 Å². The highest BCUT2D eigenvalue weighted by molar-refractivity contribution is 5.80. The second-order valence-electron chi connectivity index (χ2n) is 30.7. The highest BCUT2D eigenvalue weighted by Crippen LogP contribution is 2.76. The molecule has 31 heteroatoms. The third-order valence-corrected chi connectivity index (χ3v) is 24.4. The fourth-order valence-electron chi connectivity index (χ4n) is 18.7. The van der Waals surface area contributed by atoms with Crippen LogP contribution in [0.5, 0.6) is 0 Å². The number of carbonyl (C=O) groups excluding carboxylic acids is 1. The van der Waals surface area contributed by atoms with Crippen LogP contribution in [-0.4, -0.2) is 303 Å². The van der Waals surface area contributed by atoms with E-state index in [2.05, 4.69) is 54.5 Å². The molecule has 0 amide bonds. The summed E-state index contributed by atoms with van der Waals surface area (Å²) in [5.74, 6) is -2.88. The molecule has 11 aliphatic rings. The summed E-state index contributed by atoms with van der Waals surface area (Å²) in [5.41, 5.74) is -2.92. The van der Waals surface area contributed by atoms with E-state index in [9.17, 15) is 91.6 Å². The van der Waals surface area contributed by atoms with Crippen LogP contribution in [0.25, 0.3) is 0 Å². The van der Waals surface area contributed by atoms with Crippen molar-refractivity contribution in [3.8, 4) is 0 Å². The van der Waals surface area contributed by atoms with E-state index < -0.39 is 244 Å². The lowest BCUT2D eigenvalue weighted by Crippen LogP contribution is -2.68. The first-order valence-electron chi connectivity index (χ1n) is 33.0. The van der Waals surface area contributed by atoms with Gasteiger partial charge < -0.3 is 144 Å². The number of aliphatic carboxylic acids is 1. The van der Waals surface area contributed by atoms with E-state index >= 15 is 4.79 Å². The molecule has 6 saturated heterocycles. The summed E-state index contributed by atoms with van der Waals surface area (Å²) < 4.78 is 71.7. The number of esters is 1. The zero-order valence-corrected chi connectivity index (χ0v) is 54.1. The second kappa shape index (κ2) is 26.8. The number of carboxylic acid groups (broad SMARTS) is 1. The first-order valence-corrected chi connectivity index (χ1v) is 33.0. The Morgan fingerprint density at radius 1 is 0.521 bits per heavy atom. The Balaban J connectivity index is 0.839. The van der Waals surface area contributed by atoms with Crippen molar-refractivity contribution in [3.63, 3.8) is 0 Å². The molecule has 31 nitrogen and oxygen atoms in total. The number of hydrogen-bond donors (Lipinski definition) is 17. The van der Waals surface area contributed by atoms with Gasteiger partial charge in [0.1, 0.15) is 115 Å². The summed E-state index contributed by atoms with van der Waals surface area (Å²) in [6, 6.07) is 0. The quantitative estimate of drug-likeness (QED) is 0.0444. The van der Waals surface area contributed by atoms with Crippen LogP contribution >= 0.6 is 0 Å². The Kier molecular flexibility index (Phi) is 20.8. The van der Waals surface area contributed by atoms with Crippen LogP contribution in [0.1, 0.15) is 113 Å².